The minimum atomic E-state index is 0.621. The third-order valence-electron chi connectivity index (χ3n) is 4.47. The molecule has 1 fully saturated rings. The van der Waals surface area contributed by atoms with E-state index >= 15 is 0 Å². The molecule has 0 saturated carbocycles. The second-order valence-corrected chi connectivity index (χ2v) is 6.34. The summed E-state index contributed by atoms with van der Waals surface area (Å²) >= 11 is 0. The highest BCUT2D eigenvalue weighted by atomic mass is 16.5. The molecule has 2 N–H and O–H groups in total. The van der Waals surface area contributed by atoms with E-state index in [-0.39, 0.29) is 0 Å². The van der Waals surface area contributed by atoms with E-state index in [1.54, 1.807) is 12.1 Å². The van der Waals surface area contributed by atoms with Crippen LogP contribution in [0.15, 0.2) is 60.9 Å². The lowest BCUT2D eigenvalue weighted by Crippen LogP contribution is -2.36. The molecule has 1 aromatic heterocycles. The number of hydrogen-bond donors (Lipinski definition) is 2. The van der Waals surface area contributed by atoms with E-state index in [4.69, 9.17) is 10.00 Å². The van der Waals surface area contributed by atoms with Crippen molar-refractivity contribution in [3.05, 3.63) is 66.5 Å². The molecule has 0 unspecified atom stereocenters. The summed E-state index contributed by atoms with van der Waals surface area (Å²) in [7, 11) is 0. The molecule has 0 aliphatic carbocycles. The Morgan fingerprint density at radius 3 is 2.39 bits per heavy atom. The number of aromatic nitrogens is 2. The van der Waals surface area contributed by atoms with E-state index in [1.807, 2.05) is 36.4 Å². The van der Waals surface area contributed by atoms with Gasteiger partial charge in [0.2, 0.25) is 0 Å². The molecule has 7 nitrogen and oxygen atoms in total. The minimum absolute atomic E-state index is 0.621. The second kappa shape index (κ2) is 8.37. The molecule has 1 aliphatic heterocycles. The molecule has 2 aromatic carbocycles. The second-order valence-electron chi connectivity index (χ2n) is 6.34. The van der Waals surface area contributed by atoms with E-state index in [1.165, 1.54) is 6.33 Å². The normalized spacial score (nSPS) is 13.6. The lowest BCUT2D eigenvalue weighted by Gasteiger charge is -2.30. The molecule has 1 aliphatic rings. The molecule has 0 radical (unpaired) electrons. The maximum atomic E-state index is 8.90. The predicted octanol–water partition coefficient (Wildman–Crippen LogP) is 3.67. The van der Waals surface area contributed by atoms with Crippen molar-refractivity contribution in [1.82, 2.24) is 9.97 Å². The molecule has 3 aromatic rings. The van der Waals surface area contributed by atoms with Crippen LogP contribution in [0, 0.1) is 11.3 Å². The molecule has 0 amide bonds. The number of ether oxygens (including phenoxy) is 1. The van der Waals surface area contributed by atoms with Crippen LogP contribution in [0.2, 0.25) is 0 Å². The van der Waals surface area contributed by atoms with Crippen molar-refractivity contribution in [2.45, 2.75) is 0 Å². The smallest absolute Gasteiger partial charge is 0.135 e. The van der Waals surface area contributed by atoms with Gasteiger partial charge in [-0.2, -0.15) is 5.26 Å². The van der Waals surface area contributed by atoms with E-state index < -0.39 is 0 Å². The summed E-state index contributed by atoms with van der Waals surface area (Å²) in [6, 6.07) is 19.4. The first-order valence-corrected chi connectivity index (χ1v) is 9.10. The molecule has 0 bridgehead atoms. The fourth-order valence-corrected chi connectivity index (χ4v) is 3.07. The molecule has 1 saturated heterocycles. The van der Waals surface area contributed by atoms with Crippen molar-refractivity contribution in [3.8, 4) is 6.07 Å². The van der Waals surface area contributed by atoms with E-state index in [0.29, 0.717) is 17.2 Å². The van der Waals surface area contributed by atoms with Crippen molar-refractivity contribution < 1.29 is 4.74 Å². The summed E-state index contributed by atoms with van der Waals surface area (Å²) in [6.45, 7) is 3.21. The Labute approximate surface area is 163 Å². The fourth-order valence-electron chi connectivity index (χ4n) is 3.07. The average Bonchev–Trinajstić information content (AvgIpc) is 2.76. The Kier molecular flexibility index (Phi) is 5.31. The summed E-state index contributed by atoms with van der Waals surface area (Å²) < 4.78 is 5.46. The van der Waals surface area contributed by atoms with Gasteiger partial charge < -0.3 is 20.3 Å². The monoisotopic (exact) mass is 372 g/mol. The van der Waals surface area contributed by atoms with Gasteiger partial charge in [0.15, 0.2) is 0 Å². The quantitative estimate of drug-likeness (QED) is 0.706. The third kappa shape index (κ3) is 4.19. The standard InChI is InChI=1S/C21H20N6O/c22-14-16-5-7-17(8-6-16)25-20-13-21(24-15-23-20)26-18-3-1-2-4-19(18)27-9-11-28-12-10-27/h1-8,13,15H,9-12H2,(H2,23,24,25,26). The highest BCUT2D eigenvalue weighted by Gasteiger charge is 2.14. The molecule has 2 heterocycles. The number of morpholine rings is 1. The maximum Gasteiger partial charge on any atom is 0.135 e. The molecule has 28 heavy (non-hydrogen) atoms. The first-order valence-electron chi connectivity index (χ1n) is 9.10. The predicted molar refractivity (Wildman–Crippen MR) is 109 cm³/mol. The number of nitrogens with zero attached hydrogens (tertiary/aromatic N) is 4. The summed E-state index contributed by atoms with van der Waals surface area (Å²) in [4.78, 5) is 10.9. The number of nitriles is 1. The van der Waals surface area contributed by atoms with Crippen LogP contribution in [0.3, 0.4) is 0 Å². The van der Waals surface area contributed by atoms with Crippen molar-refractivity contribution in [2.24, 2.45) is 0 Å². The largest absolute Gasteiger partial charge is 0.378 e. The number of para-hydroxylation sites is 2. The lowest BCUT2D eigenvalue weighted by molar-refractivity contribution is 0.123. The minimum Gasteiger partial charge on any atom is -0.378 e. The fraction of sp³-hybridized carbons (Fsp3) is 0.190. The van der Waals surface area contributed by atoms with Crippen molar-refractivity contribution >= 4 is 28.7 Å². The number of nitrogens with one attached hydrogen (secondary N) is 2. The zero-order valence-electron chi connectivity index (χ0n) is 15.3. The van der Waals surface area contributed by atoms with Crippen LogP contribution in [0.4, 0.5) is 28.7 Å². The van der Waals surface area contributed by atoms with Crippen LogP contribution in [0.25, 0.3) is 0 Å². The van der Waals surface area contributed by atoms with Gasteiger partial charge in [-0.1, -0.05) is 12.1 Å². The molecule has 0 atom stereocenters. The van der Waals surface area contributed by atoms with E-state index in [0.717, 1.165) is 43.4 Å². The summed E-state index contributed by atoms with van der Waals surface area (Å²) in [5, 5.41) is 15.5. The van der Waals surface area contributed by atoms with Gasteiger partial charge in [0.05, 0.1) is 36.2 Å². The summed E-state index contributed by atoms with van der Waals surface area (Å²) in [5.41, 5.74) is 3.60. The maximum absolute atomic E-state index is 8.90. The topological polar surface area (TPSA) is 86.1 Å². The first-order chi connectivity index (χ1) is 13.8. The third-order valence-corrected chi connectivity index (χ3v) is 4.47. The van der Waals surface area contributed by atoms with Gasteiger partial charge in [0, 0.05) is 24.8 Å². The molecule has 7 heteroatoms. The van der Waals surface area contributed by atoms with Gasteiger partial charge in [-0.25, -0.2) is 9.97 Å². The van der Waals surface area contributed by atoms with Crippen LogP contribution >= 0.6 is 0 Å². The molecular weight excluding hydrogens is 352 g/mol. The van der Waals surface area contributed by atoms with Gasteiger partial charge in [-0.3, -0.25) is 0 Å². The average molecular weight is 372 g/mol. The zero-order chi connectivity index (χ0) is 19.2. The Morgan fingerprint density at radius 1 is 0.929 bits per heavy atom. The number of anilines is 5. The van der Waals surface area contributed by atoms with E-state index in [9.17, 15) is 0 Å². The van der Waals surface area contributed by atoms with Crippen LogP contribution in [0.1, 0.15) is 5.56 Å². The van der Waals surface area contributed by atoms with Gasteiger partial charge in [-0.15, -0.1) is 0 Å². The van der Waals surface area contributed by atoms with Gasteiger partial charge >= 0.3 is 0 Å². The van der Waals surface area contributed by atoms with Crippen LogP contribution in [-0.2, 0) is 4.74 Å². The Balaban J connectivity index is 1.51. The molecule has 4 rings (SSSR count). The highest BCUT2D eigenvalue weighted by molar-refractivity contribution is 5.75. The van der Waals surface area contributed by atoms with Gasteiger partial charge in [0.25, 0.3) is 0 Å². The Bertz CT molecular complexity index is 977. The molecular formula is C21H20N6O. The highest BCUT2D eigenvalue weighted by Crippen LogP contribution is 2.29. The van der Waals surface area contributed by atoms with Crippen molar-refractivity contribution in [3.63, 3.8) is 0 Å². The van der Waals surface area contributed by atoms with E-state index in [2.05, 4.69) is 37.6 Å². The van der Waals surface area contributed by atoms with Crippen LogP contribution in [0.5, 0.6) is 0 Å². The SMILES string of the molecule is N#Cc1ccc(Nc2cc(Nc3ccccc3N3CCOCC3)ncn2)cc1. The Hall–Kier alpha value is -3.63. The number of rotatable bonds is 5. The van der Waals surface area contributed by atoms with Gasteiger partial charge in [-0.05, 0) is 36.4 Å². The van der Waals surface area contributed by atoms with Crippen LogP contribution < -0.4 is 15.5 Å². The molecule has 0 spiro atoms. The van der Waals surface area contributed by atoms with Crippen molar-refractivity contribution in [2.75, 3.05) is 41.8 Å². The molecule has 140 valence electrons. The number of hydrogen-bond acceptors (Lipinski definition) is 7. The van der Waals surface area contributed by atoms with Crippen LogP contribution in [-0.4, -0.2) is 36.3 Å². The Morgan fingerprint density at radius 2 is 1.64 bits per heavy atom. The lowest BCUT2D eigenvalue weighted by atomic mass is 10.2. The summed E-state index contributed by atoms with van der Waals surface area (Å²) in [6.07, 6.45) is 1.52. The summed E-state index contributed by atoms with van der Waals surface area (Å²) in [5.74, 6) is 1.37. The first kappa shape index (κ1) is 17.8. The van der Waals surface area contributed by atoms with Gasteiger partial charge in [0.1, 0.15) is 18.0 Å². The number of benzene rings is 2. The zero-order valence-corrected chi connectivity index (χ0v) is 15.3. The van der Waals surface area contributed by atoms with Crippen molar-refractivity contribution in [1.29, 1.82) is 5.26 Å².